The van der Waals surface area contributed by atoms with Gasteiger partial charge in [0.25, 0.3) is 0 Å². The molecule has 3 aliphatic carbocycles. The van der Waals surface area contributed by atoms with Crippen molar-refractivity contribution in [3.8, 4) is 22.5 Å². The maximum atomic E-state index is 13.4. The zero-order valence-electron chi connectivity index (χ0n) is 20.2. The number of fused-ring (bicyclic) bond motifs is 1. The Morgan fingerprint density at radius 1 is 1.11 bits per heavy atom. The summed E-state index contributed by atoms with van der Waals surface area (Å²) in [7, 11) is 0. The molecule has 1 aromatic carbocycles. The minimum absolute atomic E-state index is 0.00860. The number of carbonyl (C=O) groups is 1. The van der Waals surface area contributed by atoms with Gasteiger partial charge in [0.05, 0.1) is 28.4 Å². The van der Waals surface area contributed by atoms with Crippen molar-refractivity contribution < 1.29 is 9.90 Å². The van der Waals surface area contributed by atoms with Crippen molar-refractivity contribution in [1.29, 1.82) is 0 Å². The molecule has 36 heavy (non-hydrogen) atoms. The van der Waals surface area contributed by atoms with Gasteiger partial charge < -0.3 is 16.2 Å². The maximum absolute atomic E-state index is 13.4. The topological polar surface area (TPSA) is 123 Å². The SMILES string of the molecule is C[C@]1(O)C[C@@](C(=O)NC2CC2)(c2cccc(-c3cc(-c4ccnn4C4CC4)c4c(N)ncnn34)c2)C1. The van der Waals surface area contributed by atoms with E-state index in [4.69, 9.17) is 5.73 Å². The smallest absolute Gasteiger partial charge is 0.231 e. The number of nitrogens with two attached hydrogens (primary N) is 1. The molecule has 0 saturated heterocycles. The maximum Gasteiger partial charge on any atom is 0.231 e. The molecule has 1 amide bonds. The molecule has 3 aliphatic rings. The monoisotopic (exact) mass is 483 g/mol. The van der Waals surface area contributed by atoms with E-state index in [1.54, 1.807) is 6.92 Å². The number of aliphatic hydroxyl groups is 1. The van der Waals surface area contributed by atoms with Gasteiger partial charge in [0.1, 0.15) is 11.8 Å². The average molecular weight is 484 g/mol. The molecule has 9 heteroatoms. The molecule has 3 fully saturated rings. The quantitative estimate of drug-likeness (QED) is 0.387. The van der Waals surface area contributed by atoms with Gasteiger partial charge in [0.2, 0.25) is 5.91 Å². The third-order valence-electron chi connectivity index (χ3n) is 7.85. The number of nitrogens with one attached hydrogen (secondary N) is 1. The number of nitrogens with zero attached hydrogens (tertiary/aromatic N) is 5. The highest BCUT2D eigenvalue weighted by Gasteiger charge is 2.57. The van der Waals surface area contributed by atoms with Crippen molar-refractivity contribution in [2.45, 2.75) is 68.5 Å². The molecule has 3 saturated carbocycles. The zero-order valence-corrected chi connectivity index (χ0v) is 20.2. The minimum Gasteiger partial charge on any atom is -0.390 e. The molecule has 184 valence electrons. The van der Waals surface area contributed by atoms with E-state index in [0.29, 0.717) is 24.7 Å². The second-order valence-electron chi connectivity index (χ2n) is 11.0. The fourth-order valence-electron chi connectivity index (χ4n) is 5.88. The Balaban J connectivity index is 1.35. The summed E-state index contributed by atoms with van der Waals surface area (Å²) in [5, 5.41) is 22.9. The van der Waals surface area contributed by atoms with Crippen molar-refractivity contribution >= 4 is 17.2 Å². The molecule has 0 aliphatic heterocycles. The standard InChI is InChI=1S/C27H29N7O2/c1-26(36)13-27(14-26,25(35)32-18-5-6-18)17-4-2-3-16(11-17)22-12-20(23-24(28)29-15-31-34(22)23)21-9-10-30-33(21)19-7-8-19/h2-4,9-12,15,18-19,36H,5-8,13-14H2,1H3,(H,32,35)(H2,28,29,31)/t26-,27-. The number of aromatic nitrogens is 5. The van der Waals surface area contributed by atoms with E-state index < -0.39 is 11.0 Å². The summed E-state index contributed by atoms with van der Waals surface area (Å²) in [6.07, 6.45) is 8.38. The van der Waals surface area contributed by atoms with Crippen LogP contribution in [-0.4, -0.2) is 47.0 Å². The van der Waals surface area contributed by atoms with Gasteiger partial charge in [-0.15, -0.1) is 0 Å². The number of anilines is 1. The van der Waals surface area contributed by atoms with Crippen LogP contribution in [0.4, 0.5) is 5.82 Å². The fourth-order valence-corrected chi connectivity index (χ4v) is 5.88. The summed E-state index contributed by atoms with van der Waals surface area (Å²) >= 11 is 0. The molecule has 3 aromatic heterocycles. The lowest BCUT2D eigenvalue weighted by Gasteiger charge is -2.51. The number of amides is 1. The summed E-state index contributed by atoms with van der Waals surface area (Å²) < 4.78 is 3.89. The van der Waals surface area contributed by atoms with Crippen LogP contribution in [0.25, 0.3) is 28.0 Å². The van der Waals surface area contributed by atoms with Crippen LogP contribution >= 0.6 is 0 Å². The van der Waals surface area contributed by atoms with Crippen molar-refractivity contribution in [3.63, 3.8) is 0 Å². The Morgan fingerprint density at radius 3 is 2.64 bits per heavy atom. The lowest BCUT2D eigenvalue weighted by Crippen LogP contribution is -2.60. The predicted octanol–water partition coefficient (Wildman–Crippen LogP) is 3.24. The lowest BCUT2D eigenvalue weighted by atomic mass is 9.56. The Bertz CT molecular complexity index is 1500. The average Bonchev–Trinajstić information content (AvgIpc) is 3.76. The van der Waals surface area contributed by atoms with E-state index in [2.05, 4.69) is 37.3 Å². The van der Waals surface area contributed by atoms with Crippen LogP contribution in [0.15, 0.2) is 48.9 Å². The molecule has 0 atom stereocenters. The van der Waals surface area contributed by atoms with Gasteiger partial charge in [0, 0.05) is 23.4 Å². The zero-order chi connectivity index (χ0) is 24.7. The molecule has 4 aromatic rings. The van der Waals surface area contributed by atoms with Gasteiger partial charge in [-0.1, -0.05) is 18.2 Å². The first-order chi connectivity index (χ1) is 17.3. The van der Waals surface area contributed by atoms with E-state index in [-0.39, 0.29) is 11.9 Å². The largest absolute Gasteiger partial charge is 0.390 e. The first-order valence-electron chi connectivity index (χ1n) is 12.7. The normalized spacial score (nSPS) is 25.6. The number of rotatable bonds is 6. The second-order valence-corrected chi connectivity index (χ2v) is 11.0. The Kier molecular flexibility index (Phi) is 4.43. The first-order valence-corrected chi connectivity index (χ1v) is 12.7. The van der Waals surface area contributed by atoms with Crippen LogP contribution in [0.3, 0.4) is 0 Å². The predicted molar refractivity (Wildman–Crippen MR) is 135 cm³/mol. The van der Waals surface area contributed by atoms with Gasteiger partial charge >= 0.3 is 0 Å². The lowest BCUT2D eigenvalue weighted by molar-refractivity contribution is -0.145. The van der Waals surface area contributed by atoms with Gasteiger partial charge in [-0.3, -0.25) is 9.48 Å². The fraction of sp³-hybridized carbons (Fsp3) is 0.407. The highest BCUT2D eigenvalue weighted by Crippen LogP contribution is 2.51. The molecule has 0 bridgehead atoms. The summed E-state index contributed by atoms with van der Waals surface area (Å²) in [4.78, 5) is 17.6. The van der Waals surface area contributed by atoms with Crippen LogP contribution in [0.5, 0.6) is 0 Å². The highest BCUT2D eigenvalue weighted by molar-refractivity contribution is 5.92. The Hall–Kier alpha value is -3.72. The Morgan fingerprint density at radius 2 is 1.92 bits per heavy atom. The molecule has 7 rings (SSSR count). The first kappa shape index (κ1) is 21.6. The van der Waals surface area contributed by atoms with Crippen LogP contribution in [0.2, 0.25) is 0 Å². The van der Waals surface area contributed by atoms with Crippen LogP contribution < -0.4 is 11.1 Å². The van der Waals surface area contributed by atoms with E-state index in [9.17, 15) is 9.90 Å². The summed E-state index contributed by atoms with van der Waals surface area (Å²) in [6, 6.07) is 12.8. The van der Waals surface area contributed by atoms with Crippen LogP contribution in [0.1, 0.15) is 57.1 Å². The number of nitrogen functional groups attached to an aromatic ring is 1. The van der Waals surface area contributed by atoms with Crippen LogP contribution in [0, 0.1) is 0 Å². The van der Waals surface area contributed by atoms with Gasteiger partial charge in [0.15, 0.2) is 5.82 Å². The van der Waals surface area contributed by atoms with Crippen LogP contribution in [-0.2, 0) is 10.2 Å². The summed E-state index contributed by atoms with van der Waals surface area (Å²) in [5.74, 6) is 0.413. The number of benzene rings is 1. The van der Waals surface area contributed by atoms with Gasteiger partial charge in [-0.25, -0.2) is 9.50 Å². The number of carbonyl (C=O) groups excluding carboxylic acids is 1. The third kappa shape index (κ3) is 3.33. The van der Waals surface area contributed by atoms with E-state index >= 15 is 0 Å². The van der Waals surface area contributed by atoms with E-state index in [0.717, 1.165) is 59.3 Å². The number of hydrogen-bond donors (Lipinski definition) is 3. The molecular weight excluding hydrogens is 454 g/mol. The molecule has 0 radical (unpaired) electrons. The summed E-state index contributed by atoms with van der Waals surface area (Å²) in [5.41, 5.74) is 10.1. The molecule has 4 N–H and O–H groups in total. The second kappa shape index (κ2) is 7.39. The highest BCUT2D eigenvalue weighted by atomic mass is 16.3. The van der Waals surface area contributed by atoms with Gasteiger partial charge in [-0.05, 0) is 69.2 Å². The van der Waals surface area contributed by atoms with Crippen molar-refractivity contribution in [2.24, 2.45) is 0 Å². The minimum atomic E-state index is -0.852. The molecular formula is C27H29N7O2. The van der Waals surface area contributed by atoms with E-state index in [1.165, 1.54) is 6.33 Å². The van der Waals surface area contributed by atoms with Crippen molar-refractivity contribution in [2.75, 3.05) is 5.73 Å². The molecule has 9 nitrogen and oxygen atoms in total. The van der Waals surface area contributed by atoms with Crippen molar-refractivity contribution in [1.82, 2.24) is 29.7 Å². The summed E-state index contributed by atoms with van der Waals surface area (Å²) in [6.45, 7) is 1.80. The number of hydrogen-bond acceptors (Lipinski definition) is 6. The Labute approximate surface area is 208 Å². The molecule has 3 heterocycles. The van der Waals surface area contributed by atoms with Crippen molar-refractivity contribution in [3.05, 3.63) is 54.5 Å². The molecule has 0 unspecified atom stereocenters. The van der Waals surface area contributed by atoms with E-state index in [1.807, 2.05) is 35.0 Å². The molecule has 0 spiro atoms. The van der Waals surface area contributed by atoms with Gasteiger partial charge in [-0.2, -0.15) is 10.2 Å². The third-order valence-corrected chi connectivity index (χ3v) is 7.85.